The fraction of sp³-hybridized carbons (Fsp3) is 0.385. The molecule has 0 saturated heterocycles. The number of rotatable bonds is 4. The summed E-state index contributed by atoms with van der Waals surface area (Å²) in [5.41, 5.74) is 1.28. The normalized spacial score (nSPS) is 15.1. The van der Waals surface area contributed by atoms with E-state index in [2.05, 4.69) is 60.2 Å². The van der Waals surface area contributed by atoms with Gasteiger partial charge in [-0.1, -0.05) is 30.0 Å². The second kappa shape index (κ2) is 5.30. The molecule has 1 aliphatic heterocycles. The number of nitrogens with zero attached hydrogens (tertiary/aromatic N) is 2. The van der Waals surface area contributed by atoms with Crippen molar-refractivity contribution in [1.82, 2.24) is 4.90 Å². The molecular formula is C13H18N2S. The molecule has 1 aliphatic rings. The maximum atomic E-state index is 2.40. The minimum atomic E-state index is 1.02. The summed E-state index contributed by atoms with van der Waals surface area (Å²) in [6.45, 7) is 6.57. The third-order valence-corrected chi connectivity index (χ3v) is 3.85. The smallest absolute Gasteiger partial charge is 0.0890 e. The molecule has 0 aromatic heterocycles. The van der Waals surface area contributed by atoms with Gasteiger partial charge in [-0.15, -0.1) is 0 Å². The van der Waals surface area contributed by atoms with Crippen molar-refractivity contribution in [3.63, 3.8) is 0 Å². The van der Waals surface area contributed by atoms with Crippen molar-refractivity contribution in [2.75, 3.05) is 23.9 Å². The number of anilines is 1. The molecule has 1 aromatic carbocycles. The van der Waals surface area contributed by atoms with Crippen molar-refractivity contribution in [2.24, 2.45) is 0 Å². The molecule has 2 nitrogen and oxygen atoms in total. The van der Waals surface area contributed by atoms with Crippen LogP contribution in [0, 0.1) is 0 Å². The van der Waals surface area contributed by atoms with E-state index in [9.17, 15) is 0 Å². The summed E-state index contributed by atoms with van der Waals surface area (Å²) in [4.78, 5) is 4.70. The molecule has 0 aliphatic carbocycles. The number of para-hydroxylation sites is 1. The maximum Gasteiger partial charge on any atom is 0.0890 e. The van der Waals surface area contributed by atoms with Crippen molar-refractivity contribution in [1.29, 1.82) is 0 Å². The van der Waals surface area contributed by atoms with Gasteiger partial charge in [0.1, 0.15) is 0 Å². The summed E-state index contributed by atoms with van der Waals surface area (Å²) >= 11 is 1.92. The lowest BCUT2D eigenvalue weighted by atomic mass is 10.3. The van der Waals surface area contributed by atoms with E-state index in [1.54, 1.807) is 0 Å². The van der Waals surface area contributed by atoms with Crippen molar-refractivity contribution < 1.29 is 0 Å². The monoisotopic (exact) mass is 234 g/mol. The van der Waals surface area contributed by atoms with Crippen LogP contribution in [0.2, 0.25) is 0 Å². The first kappa shape index (κ1) is 11.4. The van der Waals surface area contributed by atoms with Crippen LogP contribution in [0.4, 0.5) is 5.69 Å². The SMILES string of the molecule is CCN(CC)C1=CN(c2ccccc2)CS1. The molecule has 86 valence electrons. The molecule has 16 heavy (non-hydrogen) atoms. The van der Waals surface area contributed by atoms with Gasteiger partial charge in [0.05, 0.1) is 10.9 Å². The van der Waals surface area contributed by atoms with Crippen LogP contribution in [0.15, 0.2) is 41.6 Å². The predicted molar refractivity (Wildman–Crippen MR) is 72.4 cm³/mol. The average molecular weight is 234 g/mol. The standard InChI is InChI=1S/C13H18N2S/c1-3-14(4-2)13-10-15(11-16-13)12-8-6-5-7-9-12/h5-10H,3-4,11H2,1-2H3. The zero-order chi connectivity index (χ0) is 11.4. The van der Waals surface area contributed by atoms with Crippen molar-refractivity contribution in [3.05, 3.63) is 41.6 Å². The van der Waals surface area contributed by atoms with E-state index in [0.717, 1.165) is 19.0 Å². The van der Waals surface area contributed by atoms with Gasteiger partial charge in [-0.05, 0) is 26.0 Å². The topological polar surface area (TPSA) is 6.48 Å². The Balaban J connectivity index is 2.11. The van der Waals surface area contributed by atoms with Crippen LogP contribution in [0.25, 0.3) is 0 Å². The molecule has 2 rings (SSSR count). The van der Waals surface area contributed by atoms with Crippen LogP contribution in [0.3, 0.4) is 0 Å². The Bertz CT molecular complexity index is 357. The summed E-state index contributed by atoms with van der Waals surface area (Å²) < 4.78 is 0. The lowest BCUT2D eigenvalue weighted by Crippen LogP contribution is -2.19. The largest absolute Gasteiger partial charge is 0.366 e. The van der Waals surface area contributed by atoms with Crippen molar-refractivity contribution in [2.45, 2.75) is 13.8 Å². The van der Waals surface area contributed by atoms with Crippen molar-refractivity contribution >= 4 is 17.4 Å². The van der Waals surface area contributed by atoms with E-state index in [4.69, 9.17) is 0 Å². The summed E-state index contributed by atoms with van der Waals surface area (Å²) in [6.07, 6.45) is 2.26. The Morgan fingerprint density at radius 1 is 1.19 bits per heavy atom. The van der Waals surface area contributed by atoms with E-state index in [-0.39, 0.29) is 0 Å². The average Bonchev–Trinajstić information content (AvgIpc) is 2.81. The lowest BCUT2D eigenvalue weighted by molar-refractivity contribution is 0.409. The Morgan fingerprint density at radius 2 is 1.88 bits per heavy atom. The quantitative estimate of drug-likeness (QED) is 0.789. The molecule has 1 heterocycles. The number of hydrogen-bond donors (Lipinski definition) is 0. The first-order valence-electron chi connectivity index (χ1n) is 5.76. The highest BCUT2D eigenvalue weighted by Crippen LogP contribution is 2.31. The molecule has 0 saturated carbocycles. The van der Waals surface area contributed by atoms with E-state index < -0.39 is 0 Å². The molecule has 0 N–H and O–H groups in total. The van der Waals surface area contributed by atoms with Gasteiger partial charge in [-0.2, -0.15) is 0 Å². The third kappa shape index (κ3) is 2.35. The maximum absolute atomic E-state index is 2.40. The first-order valence-corrected chi connectivity index (χ1v) is 6.75. The van der Waals surface area contributed by atoms with Crippen LogP contribution in [-0.2, 0) is 0 Å². The Kier molecular flexibility index (Phi) is 3.78. The fourth-order valence-electron chi connectivity index (χ4n) is 1.82. The minimum Gasteiger partial charge on any atom is -0.366 e. The molecule has 3 heteroatoms. The summed E-state index contributed by atoms with van der Waals surface area (Å²) in [6, 6.07) is 10.5. The Morgan fingerprint density at radius 3 is 2.50 bits per heavy atom. The summed E-state index contributed by atoms with van der Waals surface area (Å²) in [7, 11) is 0. The van der Waals surface area contributed by atoms with Gasteiger partial charge in [0.25, 0.3) is 0 Å². The van der Waals surface area contributed by atoms with Crippen LogP contribution < -0.4 is 4.90 Å². The van der Waals surface area contributed by atoms with E-state index >= 15 is 0 Å². The zero-order valence-corrected chi connectivity index (χ0v) is 10.7. The molecule has 1 aromatic rings. The number of hydrogen-bond acceptors (Lipinski definition) is 3. The molecular weight excluding hydrogens is 216 g/mol. The molecule has 0 radical (unpaired) electrons. The van der Waals surface area contributed by atoms with Gasteiger partial charge in [-0.25, -0.2) is 0 Å². The van der Waals surface area contributed by atoms with E-state index in [1.165, 1.54) is 10.7 Å². The van der Waals surface area contributed by atoms with Gasteiger partial charge >= 0.3 is 0 Å². The van der Waals surface area contributed by atoms with Gasteiger partial charge in [0.15, 0.2) is 0 Å². The molecule has 0 bridgehead atoms. The van der Waals surface area contributed by atoms with Crippen LogP contribution in [0.1, 0.15) is 13.8 Å². The van der Waals surface area contributed by atoms with Crippen LogP contribution in [0.5, 0.6) is 0 Å². The summed E-state index contributed by atoms with van der Waals surface area (Å²) in [5, 5.41) is 1.38. The fourth-order valence-corrected chi connectivity index (χ4v) is 2.96. The lowest BCUT2D eigenvalue weighted by Gasteiger charge is -2.20. The molecule has 0 spiro atoms. The number of benzene rings is 1. The zero-order valence-electron chi connectivity index (χ0n) is 9.89. The van der Waals surface area contributed by atoms with E-state index in [1.807, 2.05) is 11.8 Å². The molecule has 0 atom stereocenters. The van der Waals surface area contributed by atoms with E-state index in [0.29, 0.717) is 0 Å². The molecule has 0 fully saturated rings. The second-order valence-electron chi connectivity index (χ2n) is 3.72. The van der Waals surface area contributed by atoms with Gasteiger partial charge in [0.2, 0.25) is 0 Å². The van der Waals surface area contributed by atoms with Crippen LogP contribution >= 0.6 is 11.8 Å². The Hall–Kier alpha value is -1.09. The highest BCUT2D eigenvalue weighted by atomic mass is 32.2. The molecule has 0 amide bonds. The third-order valence-electron chi connectivity index (χ3n) is 2.78. The predicted octanol–water partition coefficient (Wildman–Crippen LogP) is 3.34. The van der Waals surface area contributed by atoms with Crippen LogP contribution in [-0.4, -0.2) is 23.9 Å². The van der Waals surface area contributed by atoms with Gasteiger partial charge < -0.3 is 9.80 Å². The Labute approximate surface area is 102 Å². The van der Waals surface area contributed by atoms with Crippen molar-refractivity contribution in [3.8, 4) is 0 Å². The molecule has 0 unspecified atom stereocenters. The highest BCUT2D eigenvalue weighted by Gasteiger charge is 2.17. The minimum absolute atomic E-state index is 1.02. The van der Waals surface area contributed by atoms with Gasteiger partial charge in [0, 0.05) is 25.0 Å². The number of thioether (sulfide) groups is 1. The highest BCUT2D eigenvalue weighted by molar-refractivity contribution is 8.03. The summed E-state index contributed by atoms with van der Waals surface area (Å²) in [5.74, 6) is 1.02. The second-order valence-corrected chi connectivity index (χ2v) is 4.68. The van der Waals surface area contributed by atoms with Gasteiger partial charge in [-0.3, -0.25) is 0 Å². The first-order chi connectivity index (χ1) is 7.85.